The first-order valence-electron chi connectivity index (χ1n) is 6.20. The molecule has 6 N–H and O–H groups in total. The Balaban J connectivity index is 2.56. The highest BCUT2D eigenvalue weighted by Gasteiger charge is 2.24. The lowest BCUT2D eigenvalue weighted by Crippen LogP contribution is -2.56. The van der Waals surface area contributed by atoms with Crippen LogP contribution in [0, 0.1) is 0 Å². The summed E-state index contributed by atoms with van der Waals surface area (Å²) in [5.41, 5.74) is 10.8. The Labute approximate surface area is 127 Å². The molecule has 0 bridgehead atoms. The molecule has 1 aromatic rings. The third-order valence-electron chi connectivity index (χ3n) is 2.71. The first-order chi connectivity index (χ1) is 9.81. The normalized spacial score (nSPS) is 11.8. The lowest BCUT2D eigenvalue weighted by molar-refractivity contribution is -0.128. The van der Waals surface area contributed by atoms with Crippen LogP contribution in [-0.4, -0.2) is 29.9 Å². The standard InChI is InChI=1S/C13H17ClN4O3/c1-7(6-8-4-2-3-5-9(8)14)17-13(21)18-10(11(15)19)12(16)20/h2-5,7,10H,6H2,1H3,(H2,15,19)(H2,16,20)(H2,17,18,21)/t7-/m1/s1. The van der Waals surface area contributed by atoms with Gasteiger partial charge in [-0.05, 0) is 25.0 Å². The van der Waals surface area contributed by atoms with Crippen LogP contribution in [0.5, 0.6) is 0 Å². The third kappa shape index (κ3) is 5.31. The average Bonchev–Trinajstić information content (AvgIpc) is 2.38. The number of halogens is 1. The molecule has 0 aliphatic heterocycles. The van der Waals surface area contributed by atoms with Crippen LogP contribution in [0.15, 0.2) is 24.3 Å². The van der Waals surface area contributed by atoms with Crippen molar-refractivity contribution in [1.29, 1.82) is 0 Å². The molecule has 1 aromatic carbocycles. The van der Waals surface area contributed by atoms with E-state index in [2.05, 4.69) is 10.6 Å². The molecule has 114 valence electrons. The second-order valence-electron chi connectivity index (χ2n) is 4.55. The van der Waals surface area contributed by atoms with Crippen LogP contribution in [0.4, 0.5) is 4.79 Å². The van der Waals surface area contributed by atoms with Gasteiger partial charge in [0.25, 0.3) is 0 Å². The predicted molar refractivity (Wildman–Crippen MR) is 78.5 cm³/mol. The number of nitrogens with two attached hydrogens (primary N) is 2. The summed E-state index contributed by atoms with van der Waals surface area (Å²) in [4.78, 5) is 33.6. The van der Waals surface area contributed by atoms with Crippen LogP contribution < -0.4 is 22.1 Å². The molecule has 1 atom stereocenters. The fraction of sp³-hybridized carbons (Fsp3) is 0.308. The monoisotopic (exact) mass is 312 g/mol. The molecular weight excluding hydrogens is 296 g/mol. The van der Waals surface area contributed by atoms with Crippen LogP contribution in [0.3, 0.4) is 0 Å². The zero-order valence-electron chi connectivity index (χ0n) is 11.4. The number of nitrogens with one attached hydrogen (secondary N) is 2. The highest BCUT2D eigenvalue weighted by atomic mass is 35.5. The number of hydrogen-bond acceptors (Lipinski definition) is 3. The molecule has 0 saturated carbocycles. The third-order valence-corrected chi connectivity index (χ3v) is 3.07. The molecule has 0 saturated heterocycles. The SMILES string of the molecule is C[C@H](Cc1ccccc1Cl)NC(=O)NC(C(N)=O)C(N)=O. The molecule has 0 aliphatic carbocycles. The molecule has 1 rings (SSSR count). The van der Waals surface area contributed by atoms with Crippen molar-refractivity contribution >= 4 is 29.4 Å². The van der Waals surface area contributed by atoms with Crippen LogP contribution in [0.1, 0.15) is 12.5 Å². The molecule has 7 nitrogen and oxygen atoms in total. The van der Waals surface area contributed by atoms with Gasteiger partial charge in [-0.2, -0.15) is 0 Å². The molecule has 4 amide bonds. The summed E-state index contributed by atoms with van der Waals surface area (Å²) in [7, 11) is 0. The minimum atomic E-state index is -1.54. The van der Waals surface area contributed by atoms with Crippen molar-refractivity contribution in [3.05, 3.63) is 34.9 Å². The van der Waals surface area contributed by atoms with E-state index in [1.54, 1.807) is 19.1 Å². The number of carbonyl (C=O) groups excluding carboxylic acids is 3. The van der Waals surface area contributed by atoms with E-state index in [1.165, 1.54) is 0 Å². The Bertz CT molecular complexity index is 536. The van der Waals surface area contributed by atoms with E-state index < -0.39 is 23.9 Å². The Kier molecular flexibility index (Phi) is 5.98. The molecule has 8 heteroatoms. The Morgan fingerprint density at radius 3 is 2.24 bits per heavy atom. The van der Waals surface area contributed by atoms with Crippen molar-refractivity contribution in [3.63, 3.8) is 0 Å². The summed E-state index contributed by atoms with van der Waals surface area (Å²) in [6.07, 6.45) is 0.491. The molecular formula is C13H17ClN4O3. The van der Waals surface area contributed by atoms with Crippen LogP contribution in [0.25, 0.3) is 0 Å². The number of carbonyl (C=O) groups is 3. The first kappa shape index (κ1) is 16.8. The summed E-state index contributed by atoms with van der Waals surface area (Å²) in [6.45, 7) is 1.76. The van der Waals surface area contributed by atoms with Crippen molar-refractivity contribution in [1.82, 2.24) is 10.6 Å². The molecule has 0 radical (unpaired) electrons. The minimum absolute atomic E-state index is 0.272. The maximum Gasteiger partial charge on any atom is 0.316 e. The smallest absolute Gasteiger partial charge is 0.316 e. The number of urea groups is 1. The Morgan fingerprint density at radius 2 is 1.71 bits per heavy atom. The Morgan fingerprint density at radius 1 is 1.14 bits per heavy atom. The zero-order chi connectivity index (χ0) is 16.0. The zero-order valence-corrected chi connectivity index (χ0v) is 12.2. The van der Waals surface area contributed by atoms with Gasteiger partial charge in [0.15, 0.2) is 6.04 Å². The summed E-state index contributed by atoms with van der Waals surface area (Å²) in [5, 5.41) is 5.28. The van der Waals surface area contributed by atoms with Gasteiger partial charge in [0.1, 0.15) is 0 Å². The van der Waals surface area contributed by atoms with E-state index in [1.807, 2.05) is 12.1 Å². The fourth-order valence-corrected chi connectivity index (χ4v) is 1.94. The topological polar surface area (TPSA) is 127 Å². The van der Waals surface area contributed by atoms with E-state index in [9.17, 15) is 14.4 Å². The van der Waals surface area contributed by atoms with Crippen molar-refractivity contribution in [2.45, 2.75) is 25.4 Å². The summed E-state index contributed by atoms with van der Waals surface area (Å²) >= 11 is 6.02. The van der Waals surface area contributed by atoms with Gasteiger partial charge in [0, 0.05) is 11.1 Å². The quantitative estimate of drug-likeness (QED) is 0.548. The maximum atomic E-state index is 11.7. The maximum absolute atomic E-state index is 11.7. The van der Waals surface area contributed by atoms with E-state index >= 15 is 0 Å². The summed E-state index contributed by atoms with van der Waals surface area (Å²) in [5.74, 6) is -2.03. The predicted octanol–water partition coefficient (Wildman–Crippen LogP) is -0.0906. The fourth-order valence-electron chi connectivity index (χ4n) is 1.72. The second kappa shape index (κ2) is 7.49. The van der Waals surface area contributed by atoms with Crippen molar-refractivity contribution in [3.8, 4) is 0 Å². The van der Waals surface area contributed by atoms with Crippen molar-refractivity contribution in [2.75, 3.05) is 0 Å². The minimum Gasteiger partial charge on any atom is -0.367 e. The highest BCUT2D eigenvalue weighted by molar-refractivity contribution is 6.31. The van der Waals surface area contributed by atoms with E-state index in [4.69, 9.17) is 23.1 Å². The van der Waals surface area contributed by atoms with Gasteiger partial charge in [-0.3, -0.25) is 9.59 Å². The van der Waals surface area contributed by atoms with Gasteiger partial charge in [0.05, 0.1) is 0 Å². The highest BCUT2D eigenvalue weighted by Crippen LogP contribution is 2.16. The van der Waals surface area contributed by atoms with E-state index in [-0.39, 0.29) is 6.04 Å². The van der Waals surface area contributed by atoms with E-state index in [0.717, 1.165) is 5.56 Å². The number of amides is 4. The average molecular weight is 313 g/mol. The second-order valence-corrected chi connectivity index (χ2v) is 4.96. The number of primary amides is 2. The molecule has 0 unspecified atom stereocenters. The largest absolute Gasteiger partial charge is 0.367 e. The number of hydrogen-bond donors (Lipinski definition) is 4. The van der Waals surface area contributed by atoms with Gasteiger partial charge in [-0.1, -0.05) is 29.8 Å². The summed E-state index contributed by atoms with van der Waals surface area (Å²) in [6, 6.07) is 4.71. The number of rotatable bonds is 6. The molecule has 21 heavy (non-hydrogen) atoms. The van der Waals surface area contributed by atoms with Gasteiger partial charge in [-0.15, -0.1) is 0 Å². The number of benzene rings is 1. The van der Waals surface area contributed by atoms with Crippen molar-refractivity contribution < 1.29 is 14.4 Å². The molecule has 0 aliphatic rings. The summed E-state index contributed by atoms with van der Waals surface area (Å²) < 4.78 is 0. The van der Waals surface area contributed by atoms with Gasteiger partial charge >= 0.3 is 6.03 Å². The van der Waals surface area contributed by atoms with Crippen LogP contribution in [-0.2, 0) is 16.0 Å². The lowest BCUT2D eigenvalue weighted by Gasteiger charge is -2.17. The lowest BCUT2D eigenvalue weighted by atomic mass is 10.1. The molecule has 0 spiro atoms. The van der Waals surface area contributed by atoms with Crippen LogP contribution in [0.2, 0.25) is 5.02 Å². The Hall–Kier alpha value is -2.28. The van der Waals surface area contributed by atoms with Gasteiger partial charge in [-0.25, -0.2) is 4.79 Å². The molecule has 0 aromatic heterocycles. The van der Waals surface area contributed by atoms with Crippen molar-refractivity contribution in [2.24, 2.45) is 11.5 Å². The molecule has 0 heterocycles. The first-order valence-corrected chi connectivity index (χ1v) is 6.58. The van der Waals surface area contributed by atoms with Gasteiger partial charge in [0.2, 0.25) is 11.8 Å². The van der Waals surface area contributed by atoms with Gasteiger partial charge < -0.3 is 22.1 Å². The molecule has 0 fully saturated rings. The van der Waals surface area contributed by atoms with Crippen LogP contribution >= 0.6 is 11.6 Å². The van der Waals surface area contributed by atoms with E-state index in [0.29, 0.717) is 11.4 Å².